The first kappa shape index (κ1) is 15.1. The average molecular weight is 307 g/mol. The summed E-state index contributed by atoms with van der Waals surface area (Å²) in [6.07, 6.45) is 0. The molecule has 0 N–H and O–H groups in total. The minimum atomic E-state index is -0.0313. The van der Waals surface area contributed by atoms with Crippen molar-refractivity contribution in [1.29, 1.82) is 0 Å². The fourth-order valence-electron chi connectivity index (χ4n) is 2.25. The topological polar surface area (TPSA) is 17.1 Å². The van der Waals surface area contributed by atoms with Crippen molar-refractivity contribution in [3.8, 4) is 0 Å². The van der Waals surface area contributed by atoms with Gasteiger partial charge in [0.25, 0.3) is 0 Å². The number of ketones is 1. The van der Waals surface area contributed by atoms with E-state index >= 15 is 0 Å². The molecule has 0 saturated heterocycles. The van der Waals surface area contributed by atoms with E-state index in [1.165, 1.54) is 0 Å². The Hall–Kier alpha value is -1.31. The van der Waals surface area contributed by atoms with Gasteiger partial charge in [-0.15, -0.1) is 0 Å². The molecule has 2 rings (SSSR count). The van der Waals surface area contributed by atoms with Crippen LogP contribution in [-0.4, -0.2) is 5.78 Å². The Morgan fingerprint density at radius 2 is 1.10 bits per heavy atom. The molecule has 0 aliphatic heterocycles. The summed E-state index contributed by atoms with van der Waals surface area (Å²) in [5, 5.41) is 1.15. The number of rotatable bonds is 2. The Kier molecular flexibility index (Phi) is 4.22. The van der Waals surface area contributed by atoms with Crippen LogP contribution in [0.4, 0.5) is 0 Å². The number of halogens is 2. The van der Waals surface area contributed by atoms with Crippen LogP contribution < -0.4 is 0 Å². The van der Waals surface area contributed by atoms with Crippen molar-refractivity contribution in [2.75, 3.05) is 0 Å². The molecular formula is C17H16Cl2O. The molecule has 0 heterocycles. The van der Waals surface area contributed by atoms with Gasteiger partial charge in [0.15, 0.2) is 5.78 Å². The molecule has 0 aliphatic rings. The van der Waals surface area contributed by atoms with Gasteiger partial charge >= 0.3 is 0 Å². The van der Waals surface area contributed by atoms with E-state index in [-0.39, 0.29) is 5.78 Å². The Morgan fingerprint density at radius 3 is 1.45 bits per heavy atom. The van der Waals surface area contributed by atoms with Gasteiger partial charge in [-0.05, 0) is 74.2 Å². The maximum Gasteiger partial charge on any atom is 0.193 e. The largest absolute Gasteiger partial charge is 0.289 e. The Labute approximate surface area is 129 Å². The van der Waals surface area contributed by atoms with Crippen LogP contribution in [0.25, 0.3) is 0 Å². The maximum atomic E-state index is 12.8. The summed E-state index contributed by atoms with van der Waals surface area (Å²) in [5.41, 5.74) is 5.21. The molecular weight excluding hydrogens is 291 g/mol. The predicted octanol–water partition coefficient (Wildman–Crippen LogP) is 5.46. The van der Waals surface area contributed by atoms with Crippen molar-refractivity contribution >= 4 is 29.0 Å². The lowest BCUT2D eigenvalue weighted by Crippen LogP contribution is -2.08. The zero-order chi connectivity index (χ0) is 15.0. The van der Waals surface area contributed by atoms with E-state index in [9.17, 15) is 4.79 Å². The average Bonchev–Trinajstić information content (AvgIpc) is 2.37. The van der Waals surface area contributed by atoms with Crippen molar-refractivity contribution < 1.29 is 4.79 Å². The Bertz CT molecular complexity index is 643. The highest BCUT2D eigenvalue weighted by atomic mass is 35.5. The van der Waals surface area contributed by atoms with Gasteiger partial charge in [0.2, 0.25) is 0 Å². The molecule has 104 valence electrons. The SMILES string of the molecule is Cc1cc(Cl)cc(C(=O)c2cc(Cl)cc(C)c2C)c1C. The van der Waals surface area contributed by atoms with Crippen LogP contribution in [-0.2, 0) is 0 Å². The van der Waals surface area contributed by atoms with Crippen LogP contribution >= 0.6 is 23.2 Å². The minimum Gasteiger partial charge on any atom is -0.289 e. The van der Waals surface area contributed by atoms with Crippen molar-refractivity contribution in [3.63, 3.8) is 0 Å². The van der Waals surface area contributed by atoms with Crippen LogP contribution in [0.1, 0.15) is 38.2 Å². The molecule has 2 aromatic carbocycles. The van der Waals surface area contributed by atoms with Crippen molar-refractivity contribution in [1.82, 2.24) is 0 Å². The minimum absolute atomic E-state index is 0.0313. The lowest BCUT2D eigenvalue weighted by atomic mass is 9.92. The van der Waals surface area contributed by atoms with E-state index in [1.54, 1.807) is 12.1 Å². The number of hydrogen-bond donors (Lipinski definition) is 0. The van der Waals surface area contributed by atoms with Gasteiger partial charge in [-0.3, -0.25) is 4.79 Å². The Balaban J connectivity index is 2.64. The van der Waals surface area contributed by atoms with Crippen LogP contribution in [0, 0.1) is 27.7 Å². The van der Waals surface area contributed by atoms with Crippen LogP contribution in [0.3, 0.4) is 0 Å². The third-order valence-electron chi connectivity index (χ3n) is 3.75. The monoisotopic (exact) mass is 306 g/mol. The molecule has 2 aromatic rings. The Morgan fingerprint density at radius 1 is 0.750 bits per heavy atom. The van der Waals surface area contributed by atoms with Gasteiger partial charge in [0.05, 0.1) is 0 Å². The van der Waals surface area contributed by atoms with Crippen molar-refractivity contribution in [3.05, 3.63) is 67.7 Å². The normalized spacial score (nSPS) is 10.7. The third-order valence-corrected chi connectivity index (χ3v) is 4.19. The van der Waals surface area contributed by atoms with Gasteiger partial charge in [0.1, 0.15) is 0 Å². The number of hydrogen-bond acceptors (Lipinski definition) is 1. The second-order valence-electron chi connectivity index (χ2n) is 5.12. The van der Waals surface area contributed by atoms with E-state index in [1.807, 2.05) is 39.8 Å². The molecule has 20 heavy (non-hydrogen) atoms. The zero-order valence-electron chi connectivity index (χ0n) is 12.0. The first-order chi connectivity index (χ1) is 9.31. The smallest absolute Gasteiger partial charge is 0.193 e. The van der Waals surface area contributed by atoms with Crippen LogP contribution in [0.2, 0.25) is 10.0 Å². The van der Waals surface area contributed by atoms with Gasteiger partial charge < -0.3 is 0 Å². The highest BCUT2D eigenvalue weighted by molar-refractivity contribution is 6.32. The predicted molar refractivity (Wildman–Crippen MR) is 85.3 cm³/mol. The molecule has 0 radical (unpaired) electrons. The second kappa shape index (κ2) is 5.59. The van der Waals surface area contributed by atoms with Crippen LogP contribution in [0.5, 0.6) is 0 Å². The van der Waals surface area contributed by atoms with E-state index in [0.717, 1.165) is 22.3 Å². The summed E-state index contributed by atoms with van der Waals surface area (Å²) in [7, 11) is 0. The quantitative estimate of drug-likeness (QED) is 0.673. The summed E-state index contributed by atoms with van der Waals surface area (Å²) in [5.74, 6) is -0.0313. The summed E-state index contributed by atoms with van der Waals surface area (Å²) >= 11 is 12.2. The molecule has 0 spiro atoms. The molecule has 0 amide bonds. The summed E-state index contributed by atoms with van der Waals surface area (Å²) in [6.45, 7) is 7.78. The standard InChI is InChI=1S/C17H16Cl2O/c1-9-5-13(18)7-15(11(9)3)17(20)16-8-14(19)6-10(2)12(16)4/h5-8H,1-4H3. The highest BCUT2D eigenvalue weighted by Gasteiger charge is 2.17. The number of benzene rings is 2. The van der Waals surface area contributed by atoms with Gasteiger partial charge in [-0.2, -0.15) is 0 Å². The van der Waals surface area contributed by atoms with E-state index < -0.39 is 0 Å². The maximum absolute atomic E-state index is 12.8. The fourth-order valence-corrected chi connectivity index (χ4v) is 2.79. The molecule has 0 bridgehead atoms. The first-order valence-electron chi connectivity index (χ1n) is 6.39. The molecule has 0 unspecified atom stereocenters. The summed E-state index contributed by atoms with van der Waals surface area (Å²) in [6, 6.07) is 7.18. The van der Waals surface area contributed by atoms with Gasteiger partial charge in [-0.25, -0.2) is 0 Å². The summed E-state index contributed by atoms with van der Waals surface area (Å²) < 4.78 is 0. The molecule has 0 saturated carbocycles. The summed E-state index contributed by atoms with van der Waals surface area (Å²) in [4.78, 5) is 12.8. The fraction of sp³-hybridized carbons (Fsp3) is 0.235. The van der Waals surface area contributed by atoms with Gasteiger partial charge in [0, 0.05) is 21.2 Å². The molecule has 0 aromatic heterocycles. The molecule has 3 heteroatoms. The number of aryl methyl sites for hydroxylation is 2. The van der Waals surface area contributed by atoms with Gasteiger partial charge in [-0.1, -0.05) is 23.2 Å². The molecule has 0 atom stereocenters. The van der Waals surface area contributed by atoms with Crippen molar-refractivity contribution in [2.24, 2.45) is 0 Å². The third kappa shape index (κ3) is 2.74. The van der Waals surface area contributed by atoms with Crippen molar-refractivity contribution in [2.45, 2.75) is 27.7 Å². The van der Waals surface area contributed by atoms with Crippen LogP contribution in [0.15, 0.2) is 24.3 Å². The zero-order valence-corrected chi connectivity index (χ0v) is 13.5. The van der Waals surface area contributed by atoms with E-state index in [4.69, 9.17) is 23.2 Å². The highest BCUT2D eigenvalue weighted by Crippen LogP contribution is 2.26. The van der Waals surface area contributed by atoms with E-state index in [2.05, 4.69) is 0 Å². The molecule has 1 nitrogen and oxygen atoms in total. The first-order valence-corrected chi connectivity index (χ1v) is 7.15. The number of carbonyl (C=O) groups is 1. The van der Waals surface area contributed by atoms with E-state index in [0.29, 0.717) is 21.2 Å². The molecule has 0 fully saturated rings. The lowest BCUT2D eigenvalue weighted by Gasteiger charge is -2.12. The molecule has 0 aliphatic carbocycles. The second-order valence-corrected chi connectivity index (χ2v) is 5.99. The lowest BCUT2D eigenvalue weighted by molar-refractivity contribution is 0.103. The number of carbonyl (C=O) groups excluding carboxylic acids is 1.